The van der Waals surface area contributed by atoms with Gasteiger partial charge in [-0.05, 0) is 24.5 Å². The molecule has 7 heteroatoms. The van der Waals surface area contributed by atoms with Gasteiger partial charge in [0.1, 0.15) is 5.56 Å². The molecule has 0 saturated heterocycles. The molecule has 1 aliphatic rings. The third-order valence-corrected chi connectivity index (χ3v) is 3.39. The first-order valence-corrected chi connectivity index (χ1v) is 6.28. The lowest BCUT2D eigenvalue weighted by Crippen LogP contribution is -2.13. The summed E-state index contributed by atoms with van der Waals surface area (Å²) in [7, 11) is 2.37. The van der Waals surface area contributed by atoms with Gasteiger partial charge in [0.15, 0.2) is 0 Å². The van der Waals surface area contributed by atoms with Crippen molar-refractivity contribution in [2.75, 3.05) is 14.2 Å². The highest BCUT2D eigenvalue weighted by Crippen LogP contribution is 2.40. The molecule has 21 heavy (non-hydrogen) atoms. The lowest BCUT2D eigenvalue weighted by Gasteiger charge is -2.17. The van der Waals surface area contributed by atoms with E-state index >= 15 is 0 Å². The number of alkyl halides is 3. The lowest BCUT2D eigenvalue weighted by atomic mass is 9.93. The molecule has 0 aromatic carbocycles. The van der Waals surface area contributed by atoms with Gasteiger partial charge >= 0.3 is 12.1 Å². The molecule has 4 nitrogen and oxygen atoms in total. The Balaban J connectivity index is 2.42. The third-order valence-electron chi connectivity index (χ3n) is 3.39. The Labute approximate surface area is 119 Å². The first-order chi connectivity index (χ1) is 9.88. The van der Waals surface area contributed by atoms with Crippen molar-refractivity contribution < 1.29 is 27.4 Å². The molecule has 0 aliphatic heterocycles. The lowest BCUT2D eigenvalue weighted by molar-refractivity contribution is -0.139. The minimum atomic E-state index is -4.57. The molecule has 1 atom stereocenters. The summed E-state index contributed by atoms with van der Waals surface area (Å²) in [5, 5.41) is 0. The first kappa shape index (κ1) is 15.3. The van der Waals surface area contributed by atoms with Crippen LogP contribution in [0.4, 0.5) is 13.2 Å². The van der Waals surface area contributed by atoms with E-state index in [9.17, 15) is 18.0 Å². The number of aromatic nitrogens is 1. The quantitative estimate of drug-likeness (QED) is 0.805. The average Bonchev–Trinajstić information content (AvgIpc) is 2.94. The van der Waals surface area contributed by atoms with Crippen molar-refractivity contribution in [1.82, 2.24) is 4.98 Å². The molecule has 0 saturated carbocycles. The van der Waals surface area contributed by atoms with Gasteiger partial charge in [0, 0.05) is 17.7 Å². The number of carbonyl (C=O) groups excluding carboxylic acids is 1. The Morgan fingerprint density at radius 2 is 2.10 bits per heavy atom. The Kier molecular flexibility index (Phi) is 4.20. The Morgan fingerprint density at radius 1 is 1.38 bits per heavy atom. The molecule has 1 aliphatic carbocycles. The molecule has 1 heterocycles. The smallest absolute Gasteiger partial charge is 0.421 e. The second kappa shape index (κ2) is 5.75. The summed E-state index contributed by atoms with van der Waals surface area (Å²) < 4.78 is 48.3. The summed E-state index contributed by atoms with van der Waals surface area (Å²) in [6.45, 7) is 0. The van der Waals surface area contributed by atoms with E-state index in [2.05, 4.69) is 14.5 Å². The van der Waals surface area contributed by atoms with Gasteiger partial charge in [-0.15, -0.1) is 0 Å². The van der Waals surface area contributed by atoms with Crippen molar-refractivity contribution in [2.45, 2.75) is 24.9 Å². The molecule has 1 aromatic heterocycles. The summed E-state index contributed by atoms with van der Waals surface area (Å²) in [6, 6.07) is 0.985. The maximum Gasteiger partial charge on any atom is 0.421 e. The number of allylic oxidation sites excluding steroid dienone is 1. The molecule has 0 amide bonds. The highest BCUT2D eigenvalue weighted by atomic mass is 19.4. The van der Waals surface area contributed by atoms with Gasteiger partial charge in [0.2, 0.25) is 5.88 Å². The fourth-order valence-electron chi connectivity index (χ4n) is 2.42. The number of halogens is 3. The van der Waals surface area contributed by atoms with E-state index in [4.69, 9.17) is 0 Å². The molecule has 0 spiro atoms. The van der Waals surface area contributed by atoms with E-state index < -0.39 is 29.5 Å². The second-order valence-corrected chi connectivity index (χ2v) is 4.60. The van der Waals surface area contributed by atoms with Crippen LogP contribution in [0.5, 0.6) is 5.88 Å². The molecule has 2 rings (SSSR count). The number of hydrogen-bond acceptors (Lipinski definition) is 4. The standard InChI is InChI=1S/C14H14F3NO3/c1-20-12-11(14(15,16)17)6-8(7-18-12)9-4-3-5-10(9)13(19)21-2/h5-7,9H,3-4H2,1-2H3. The maximum atomic E-state index is 13.0. The van der Waals surface area contributed by atoms with Gasteiger partial charge in [-0.1, -0.05) is 6.08 Å². The zero-order valence-corrected chi connectivity index (χ0v) is 11.5. The van der Waals surface area contributed by atoms with Crippen LogP contribution in [0.1, 0.15) is 29.9 Å². The number of methoxy groups -OCH3 is 2. The third kappa shape index (κ3) is 3.01. The maximum absolute atomic E-state index is 13.0. The highest BCUT2D eigenvalue weighted by molar-refractivity contribution is 5.90. The van der Waals surface area contributed by atoms with Crippen molar-refractivity contribution >= 4 is 5.97 Å². The SMILES string of the molecule is COC(=O)C1=CCCC1c1cnc(OC)c(C(F)(F)F)c1. The van der Waals surface area contributed by atoms with Gasteiger partial charge in [0.05, 0.1) is 14.2 Å². The van der Waals surface area contributed by atoms with Crippen molar-refractivity contribution in [3.8, 4) is 5.88 Å². The fraction of sp³-hybridized carbons (Fsp3) is 0.429. The molecule has 1 unspecified atom stereocenters. The summed E-state index contributed by atoms with van der Waals surface area (Å²) in [5.41, 5.74) is -0.242. The van der Waals surface area contributed by atoms with Gasteiger partial charge in [-0.3, -0.25) is 0 Å². The Hall–Kier alpha value is -2.05. The molecule has 0 bridgehead atoms. The molecule has 0 fully saturated rings. The monoisotopic (exact) mass is 301 g/mol. The Morgan fingerprint density at radius 3 is 2.67 bits per heavy atom. The van der Waals surface area contributed by atoms with Crippen LogP contribution in [0, 0.1) is 0 Å². The molecular formula is C14H14F3NO3. The largest absolute Gasteiger partial charge is 0.481 e. The summed E-state index contributed by atoms with van der Waals surface area (Å²) in [4.78, 5) is 15.4. The molecule has 0 N–H and O–H groups in total. The first-order valence-electron chi connectivity index (χ1n) is 6.28. The van der Waals surface area contributed by atoms with Crippen molar-refractivity contribution in [3.05, 3.63) is 35.0 Å². The topological polar surface area (TPSA) is 48.4 Å². The molecular weight excluding hydrogens is 287 g/mol. The Bertz CT molecular complexity index is 581. The van der Waals surface area contributed by atoms with Crippen LogP contribution in [0.15, 0.2) is 23.9 Å². The van der Waals surface area contributed by atoms with E-state index in [0.717, 1.165) is 13.2 Å². The van der Waals surface area contributed by atoms with Gasteiger partial charge < -0.3 is 9.47 Å². The van der Waals surface area contributed by atoms with Crippen LogP contribution in [0.2, 0.25) is 0 Å². The zero-order valence-electron chi connectivity index (χ0n) is 11.5. The second-order valence-electron chi connectivity index (χ2n) is 4.60. The number of pyridine rings is 1. The highest BCUT2D eigenvalue weighted by Gasteiger charge is 2.37. The number of ether oxygens (including phenoxy) is 2. The van der Waals surface area contributed by atoms with Crippen LogP contribution in [-0.4, -0.2) is 25.2 Å². The zero-order chi connectivity index (χ0) is 15.6. The number of carbonyl (C=O) groups is 1. The number of rotatable bonds is 3. The van der Waals surface area contributed by atoms with E-state index in [1.807, 2.05) is 0 Å². The van der Waals surface area contributed by atoms with Crippen molar-refractivity contribution in [3.63, 3.8) is 0 Å². The average molecular weight is 301 g/mol. The number of nitrogens with zero attached hydrogens (tertiary/aromatic N) is 1. The summed E-state index contributed by atoms with van der Waals surface area (Å²) in [5.74, 6) is -1.44. The van der Waals surface area contributed by atoms with Crippen molar-refractivity contribution in [1.29, 1.82) is 0 Å². The van der Waals surface area contributed by atoms with Gasteiger partial charge in [-0.25, -0.2) is 9.78 Å². The van der Waals surface area contributed by atoms with Crippen LogP contribution in [0.3, 0.4) is 0 Å². The minimum Gasteiger partial charge on any atom is -0.481 e. The fourth-order valence-corrected chi connectivity index (χ4v) is 2.42. The van der Waals surface area contributed by atoms with Crippen LogP contribution in [-0.2, 0) is 15.7 Å². The van der Waals surface area contributed by atoms with Crippen LogP contribution >= 0.6 is 0 Å². The summed E-state index contributed by atoms with van der Waals surface area (Å²) in [6.07, 6.45) is -0.408. The molecule has 114 valence electrons. The minimum absolute atomic E-state index is 0.331. The van der Waals surface area contributed by atoms with E-state index in [1.165, 1.54) is 13.3 Å². The van der Waals surface area contributed by atoms with E-state index in [1.54, 1.807) is 6.08 Å². The van der Waals surface area contributed by atoms with Crippen LogP contribution < -0.4 is 4.74 Å². The molecule has 0 radical (unpaired) electrons. The van der Waals surface area contributed by atoms with Gasteiger partial charge in [0.25, 0.3) is 0 Å². The van der Waals surface area contributed by atoms with E-state index in [-0.39, 0.29) is 0 Å². The molecule has 1 aromatic rings. The van der Waals surface area contributed by atoms with Crippen LogP contribution in [0.25, 0.3) is 0 Å². The number of hydrogen-bond donors (Lipinski definition) is 0. The number of esters is 1. The van der Waals surface area contributed by atoms with Crippen molar-refractivity contribution in [2.24, 2.45) is 0 Å². The predicted molar refractivity (Wildman–Crippen MR) is 67.9 cm³/mol. The normalized spacial score (nSPS) is 18.3. The van der Waals surface area contributed by atoms with Gasteiger partial charge in [-0.2, -0.15) is 13.2 Å². The summed E-state index contributed by atoms with van der Waals surface area (Å²) >= 11 is 0. The predicted octanol–water partition coefficient (Wildman–Crippen LogP) is 3.09. The van der Waals surface area contributed by atoms with E-state index in [0.29, 0.717) is 24.0 Å².